The first-order valence-electron chi connectivity index (χ1n) is 19.4. The van der Waals surface area contributed by atoms with Gasteiger partial charge in [-0.05, 0) is 154 Å². The number of hydrogen-bond donors (Lipinski definition) is 0. The zero-order valence-electron chi connectivity index (χ0n) is 29.9. The molecule has 1 aliphatic heterocycles. The monoisotopic (exact) mass is 704 g/mol. The molecule has 1 atom stereocenters. The minimum absolute atomic E-state index is 0.474. The summed E-state index contributed by atoms with van der Waals surface area (Å²) in [4.78, 5) is 1.42. The summed E-state index contributed by atoms with van der Waals surface area (Å²) < 4.78 is 0. The summed E-state index contributed by atoms with van der Waals surface area (Å²) in [5, 5.41) is 8.36. The van der Waals surface area contributed by atoms with Crippen LogP contribution >= 0.6 is 11.8 Å². The Morgan fingerprint density at radius 1 is 0.500 bits per heavy atom. The van der Waals surface area contributed by atoms with Gasteiger partial charge >= 0.3 is 0 Å². The van der Waals surface area contributed by atoms with Gasteiger partial charge in [-0.2, -0.15) is 0 Å². The first-order chi connectivity index (χ1) is 26.8. The summed E-state index contributed by atoms with van der Waals surface area (Å²) in [5.74, 6) is 0. The van der Waals surface area contributed by atoms with Crippen molar-refractivity contribution in [3.63, 3.8) is 0 Å². The second-order valence-electron chi connectivity index (χ2n) is 15.3. The molecule has 0 amide bonds. The molecule has 0 bridgehead atoms. The zero-order valence-corrected chi connectivity index (χ0v) is 30.7. The molecule has 0 spiro atoms. The van der Waals surface area contributed by atoms with Gasteiger partial charge in [0.1, 0.15) is 0 Å². The van der Waals surface area contributed by atoms with E-state index in [0.29, 0.717) is 5.25 Å². The first-order valence-corrected chi connectivity index (χ1v) is 20.2. The van der Waals surface area contributed by atoms with E-state index in [4.69, 9.17) is 0 Å². The number of thioether (sulfide) groups is 1. The van der Waals surface area contributed by atoms with Crippen LogP contribution in [-0.2, 0) is 12.8 Å². The molecule has 1 heteroatoms. The lowest BCUT2D eigenvalue weighted by Crippen LogP contribution is -2.15. The molecule has 54 heavy (non-hydrogen) atoms. The Kier molecular flexibility index (Phi) is 6.68. The fraction of sp³-hybridized carbons (Fsp3) is 0.0943. The summed E-state index contributed by atoms with van der Waals surface area (Å²) in [6.07, 6.45) is 11.8. The number of benzene rings is 8. The molecule has 4 aliphatic rings. The van der Waals surface area contributed by atoms with Crippen LogP contribution in [0.4, 0.5) is 0 Å². The van der Waals surface area contributed by atoms with Crippen LogP contribution < -0.4 is 0 Å². The average molecular weight is 705 g/mol. The van der Waals surface area contributed by atoms with Crippen molar-refractivity contribution in [1.82, 2.24) is 0 Å². The number of allylic oxidation sites excluding steroid dienone is 4. The topological polar surface area (TPSA) is 0 Å². The van der Waals surface area contributed by atoms with Crippen molar-refractivity contribution in [3.8, 4) is 22.3 Å². The van der Waals surface area contributed by atoms with E-state index < -0.39 is 0 Å². The van der Waals surface area contributed by atoms with E-state index in [2.05, 4.69) is 176 Å². The normalized spacial score (nSPS) is 16.7. The molecule has 254 valence electrons. The lowest BCUT2D eigenvalue weighted by molar-refractivity contribution is 0.997. The van der Waals surface area contributed by atoms with Gasteiger partial charge in [0.05, 0.1) is 0 Å². The van der Waals surface area contributed by atoms with Gasteiger partial charge in [-0.25, -0.2) is 0 Å². The Morgan fingerprint density at radius 2 is 1.15 bits per heavy atom. The summed E-state index contributed by atoms with van der Waals surface area (Å²) in [7, 11) is 0. The molecule has 12 rings (SSSR count). The highest BCUT2D eigenvalue weighted by atomic mass is 32.2. The molecule has 0 fully saturated rings. The number of hydrogen-bond acceptors (Lipinski definition) is 1. The van der Waals surface area contributed by atoms with Crippen molar-refractivity contribution in [2.75, 3.05) is 0 Å². The summed E-state index contributed by atoms with van der Waals surface area (Å²) in [5.41, 5.74) is 20.0. The molecular formula is C53H36S. The highest BCUT2D eigenvalue weighted by molar-refractivity contribution is 8.00. The van der Waals surface area contributed by atoms with Gasteiger partial charge in [-0.3, -0.25) is 0 Å². The minimum atomic E-state index is 0.474. The molecule has 8 aromatic rings. The van der Waals surface area contributed by atoms with E-state index in [-0.39, 0.29) is 0 Å². The maximum atomic E-state index is 2.58. The van der Waals surface area contributed by atoms with Crippen LogP contribution in [0.25, 0.3) is 77.4 Å². The van der Waals surface area contributed by atoms with Gasteiger partial charge in [0.2, 0.25) is 0 Å². The Bertz CT molecular complexity index is 2960. The quantitative estimate of drug-likeness (QED) is 0.165. The Balaban J connectivity index is 1.09. The average Bonchev–Trinajstić information content (AvgIpc) is 3.80. The molecule has 0 aromatic heterocycles. The van der Waals surface area contributed by atoms with Crippen molar-refractivity contribution >= 4 is 66.9 Å². The Labute approximate surface area is 320 Å². The second kappa shape index (κ2) is 11.8. The van der Waals surface area contributed by atoms with E-state index in [1.807, 2.05) is 0 Å². The molecule has 0 N–H and O–H groups in total. The van der Waals surface area contributed by atoms with Gasteiger partial charge in [0, 0.05) is 10.1 Å². The lowest BCUT2D eigenvalue weighted by Gasteiger charge is -2.27. The van der Waals surface area contributed by atoms with E-state index in [9.17, 15) is 0 Å². The summed E-state index contributed by atoms with van der Waals surface area (Å²) >= 11 is 2.06. The van der Waals surface area contributed by atoms with Gasteiger partial charge in [-0.1, -0.05) is 146 Å². The number of rotatable bonds is 3. The summed E-state index contributed by atoms with van der Waals surface area (Å²) in [6.45, 7) is 0. The van der Waals surface area contributed by atoms with Crippen LogP contribution in [0.2, 0.25) is 0 Å². The van der Waals surface area contributed by atoms with Crippen molar-refractivity contribution in [1.29, 1.82) is 0 Å². The van der Waals surface area contributed by atoms with Crippen LogP contribution in [0, 0.1) is 0 Å². The van der Waals surface area contributed by atoms with E-state index in [1.165, 1.54) is 104 Å². The van der Waals surface area contributed by atoms with Crippen LogP contribution in [0.15, 0.2) is 163 Å². The molecule has 0 saturated heterocycles. The molecule has 1 unspecified atom stereocenters. The van der Waals surface area contributed by atoms with Gasteiger partial charge < -0.3 is 0 Å². The zero-order chi connectivity index (χ0) is 35.3. The Hall–Kier alpha value is -5.89. The maximum absolute atomic E-state index is 2.58. The first kappa shape index (κ1) is 30.6. The second-order valence-corrected chi connectivity index (χ2v) is 16.6. The van der Waals surface area contributed by atoms with Crippen molar-refractivity contribution < 1.29 is 0 Å². The van der Waals surface area contributed by atoms with E-state index >= 15 is 0 Å². The fourth-order valence-electron chi connectivity index (χ4n) is 10.2. The third-order valence-corrected chi connectivity index (χ3v) is 13.8. The van der Waals surface area contributed by atoms with Crippen LogP contribution in [0.3, 0.4) is 0 Å². The predicted octanol–water partition coefficient (Wildman–Crippen LogP) is 14.2. The van der Waals surface area contributed by atoms with Crippen molar-refractivity contribution in [2.45, 2.75) is 35.8 Å². The van der Waals surface area contributed by atoms with Crippen LogP contribution in [0.1, 0.15) is 51.8 Å². The summed E-state index contributed by atoms with van der Waals surface area (Å²) in [6, 6.07) is 54.5. The van der Waals surface area contributed by atoms with E-state index in [0.717, 1.165) is 25.7 Å². The van der Waals surface area contributed by atoms with Crippen molar-refractivity contribution in [2.24, 2.45) is 0 Å². The van der Waals surface area contributed by atoms with Crippen molar-refractivity contribution in [3.05, 3.63) is 197 Å². The Morgan fingerprint density at radius 3 is 1.96 bits per heavy atom. The highest BCUT2D eigenvalue weighted by Crippen LogP contribution is 2.54. The van der Waals surface area contributed by atoms with Gasteiger partial charge in [0.25, 0.3) is 0 Å². The largest absolute Gasteiger partial charge is 0.117 e. The molecule has 0 saturated carbocycles. The SMILES string of the molecule is C1=C(c2cc3c(c4c2C=C2c5ccccc5SC2C4)Cc2ccccc2-3)C=C(c2c3ccccc3c(-c3cccc4ccccc34)c3ccccc23)CC1. The molecule has 0 nitrogen and oxygen atoms in total. The van der Waals surface area contributed by atoms with Crippen LogP contribution in [0.5, 0.6) is 0 Å². The smallest absolute Gasteiger partial charge is 0.0391 e. The molecule has 8 aromatic carbocycles. The van der Waals surface area contributed by atoms with Crippen LogP contribution in [-0.4, -0.2) is 5.25 Å². The van der Waals surface area contributed by atoms with Gasteiger partial charge in [-0.15, -0.1) is 11.8 Å². The molecule has 0 radical (unpaired) electrons. The highest BCUT2D eigenvalue weighted by Gasteiger charge is 2.35. The molecule has 3 aliphatic carbocycles. The third-order valence-electron chi connectivity index (χ3n) is 12.5. The number of fused-ring (bicyclic) bond motifs is 11. The fourth-order valence-corrected chi connectivity index (χ4v) is 11.5. The van der Waals surface area contributed by atoms with Gasteiger partial charge in [0.15, 0.2) is 0 Å². The standard InChI is InChI=1S/C53H36S/c1-3-18-36-32(13-1)15-12-25-39(36)53-42-23-7-5-21-40(42)52(41-22-6-8-24-43(41)53)35-17-11-16-33(27-35)44-29-46-37-19-4-2-14-34(37)28-45(46)48-31-51-49(30-47(44)48)38-20-9-10-26-50(38)54-51/h1-10,12-16,18-27,29-30,51H,11,17,28,31H2. The third kappa shape index (κ3) is 4.46. The lowest BCUT2D eigenvalue weighted by atomic mass is 9.78. The predicted molar refractivity (Wildman–Crippen MR) is 232 cm³/mol. The minimum Gasteiger partial charge on any atom is -0.117 e. The van der Waals surface area contributed by atoms with E-state index in [1.54, 1.807) is 11.1 Å². The molecule has 1 heterocycles. The maximum Gasteiger partial charge on any atom is 0.0391 e. The molecular weight excluding hydrogens is 669 g/mol.